The molecule has 1 aliphatic heterocycles. The Kier molecular flexibility index (Phi) is 3.69. The van der Waals surface area contributed by atoms with Gasteiger partial charge in [-0.25, -0.2) is 0 Å². The first kappa shape index (κ1) is 15.4. The molecule has 1 heterocycles. The molecule has 4 unspecified atom stereocenters. The van der Waals surface area contributed by atoms with Crippen LogP contribution in [0.15, 0.2) is 29.8 Å². The van der Waals surface area contributed by atoms with E-state index in [1.165, 1.54) is 4.90 Å². The highest BCUT2D eigenvalue weighted by atomic mass is 35.5. The van der Waals surface area contributed by atoms with Crippen LogP contribution in [0.1, 0.15) is 13.8 Å². The van der Waals surface area contributed by atoms with Crippen molar-refractivity contribution in [3.63, 3.8) is 0 Å². The number of benzene rings is 1. The number of carboxylic acid groups (broad SMARTS) is 1. The number of nitrogens with zero attached hydrogens (tertiary/aromatic N) is 1. The Bertz CT molecular complexity index is 701. The van der Waals surface area contributed by atoms with Gasteiger partial charge in [-0.15, -0.1) is 0 Å². The number of hydrogen-bond donors (Lipinski definition) is 1. The second-order valence-electron chi connectivity index (χ2n) is 5.91. The Morgan fingerprint density at radius 1 is 1.32 bits per heavy atom. The third-order valence-electron chi connectivity index (χ3n) is 4.54. The second-order valence-corrected chi connectivity index (χ2v) is 6.75. The zero-order chi connectivity index (χ0) is 16.2. The van der Waals surface area contributed by atoms with Crippen LogP contribution in [-0.4, -0.2) is 23.0 Å². The minimum Gasteiger partial charge on any atom is -0.481 e. The lowest BCUT2D eigenvalue weighted by atomic mass is 9.74. The van der Waals surface area contributed by atoms with Crippen molar-refractivity contribution in [2.75, 3.05) is 4.90 Å². The van der Waals surface area contributed by atoms with Gasteiger partial charge in [0.05, 0.1) is 28.6 Å². The van der Waals surface area contributed by atoms with Gasteiger partial charge in [-0.2, -0.15) is 0 Å². The zero-order valence-corrected chi connectivity index (χ0v) is 13.6. The number of aliphatic carboxylic acids is 1. The maximum absolute atomic E-state index is 12.8. The topological polar surface area (TPSA) is 57.6 Å². The second kappa shape index (κ2) is 5.28. The summed E-state index contributed by atoms with van der Waals surface area (Å²) in [5.41, 5.74) is 1.39. The third kappa shape index (κ3) is 2.13. The Balaban J connectivity index is 2.15. The van der Waals surface area contributed by atoms with Crippen molar-refractivity contribution < 1.29 is 14.7 Å². The molecule has 1 aromatic rings. The minimum atomic E-state index is -0.949. The van der Waals surface area contributed by atoms with E-state index in [9.17, 15) is 14.7 Å². The van der Waals surface area contributed by atoms with E-state index >= 15 is 0 Å². The standard InChI is InChI=1S/C16H15Cl2NO3/c1-7-5-8(2)14-13(16(21)22)12(7)15(20)19(14)11-4-3-9(17)6-10(11)18/h3-7,12-14H,1-2H3,(H,21,22). The lowest BCUT2D eigenvalue weighted by molar-refractivity contribution is -0.145. The average Bonchev–Trinajstić information content (AvgIpc) is 2.68. The van der Waals surface area contributed by atoms with Gasteiger partial charge in [0.1, 0.15) is 0 Å². The number of allylic oxidation sites excluding steroid dienone is 1. The highest BCUT2D eigenvalue weighted by molar-refractivity contribution is 6.37. The minimum absolute atomic E-state index is 0.110. The first-order chi connectivity index (χ1) is 10.3. The highest BCUT2D eigenvalue weighted by Gasteiger charge is 2.56. The molecule has 2 aliphatic rings. The molecule has 0 spiro atoms. The van der Waals surface area contributed by atoms with E-state index in [-0.39, 0.29) is 11.8 Å². The molecule has 1 aromatic carbocycles. The Hall–Kier alpha value is -1.52. The molecule has 4 nitrogen and oxygen atoms in total. The van der Waals surface area contributed by atoms with Crippen LogP contribution in [0.2, 0.25) is 10.0 Å². The Morgan fingerprint density at radius 3 is 2.59 bits per heavy atom. The summed E-state index contributed by atoms with van der Waals surface area (Å²) in [5, 5.41) is 10.4. The third-order valence-corrected chi connectivity index (χ3v) is 5.08. The van der Waals surface area contributed by atoms with Crippen LogP contribution in [0.3, 0.4) is 0 Å². The fraction of sp³-hybridized carbons (Fsp3) is 0.375. The SMILES string of the molecule is CC1=CC(C)C2C(=O)N(c3ccc(Cl)cc3Cl)C1C2C(=O)O. The molecule has 116 valence electrons. The molecule has 0 aromatic heterocycles. The summed E-state index contributed by atoms with van der Waals surface area (Å²) in [6, 6.07) is 4.38. The van der Waals surface area contributed by atoms with Crippen LogP contribution in [0.25, 0.3) is 0 Å². The first-order valence-corrected chi connectivity index (χ1v) is 7.77. The van der Waals surface area contributed by atoms with E-state index in [2.05, 4.69) is 0 Å². The van der Waals surface area contributed by atoms with Gasteiger partial charge >= 0.3 is 5.97 Å². The van der Waals surface area contributed by atoms with Crippen LogP contribution in [0, 0.1) is 17.8 Å². The predicted octanol–water partition coefficient (Wildman–Crippen LogP) is 3.62. The molecule has 1 fully saturated rings. The number of carboxylic acids is 1. The number of rotatable bonds is 2. The molecule has 0 radical (unpaired) electrons. The molecule has 3 rings (SSSR count). The van der Waals surface area contributed by atoms with Crippen molar-refractivity contribution in [3.05, 3.63) is 39.9 Å². The summed E-state index contributed by atoms with van der Waals surface area (Å²) in [6.07, 6.45) is 1.98. The lowest BCUT2D eigenvalue weighted by Gasteiger charge is -2.31. The highest BCUT2D eigenvalue weighted by Crippen LogP contribution is 2.47. The molecule has 4 atom stereocenters. The summed E-state index contributed by atoms with van der Waals surface area (Å²) in [7, 11) is 0. The largest absolute Gasteiger partial charge is 0.481 e. The molecule has 1 amide bonds. The lowest BCUT2D eigenvalue weighted by Crippen LogP contribution is -2.40. The zero-order valence-electron chi connectivity index (χ0n) is 12.1. The molecule has 0 saturated carbocycles. The van der Waals surface area contributed by atoms with Crippen molar-refractivity contribution in [1.82, 2.24) is 0 Å². The summed E-state index contributed by atoms with van der Waals surface area (Å²) in [5.74, 6) is -2.56. The van der Waals surface area contributed by atoms with Crippen molar-refractivity contribution in [2.45, 2.75) is 19.9 Å². The summed E-state index contributed by atoms with van der Waals surface area (Å²) >= 11 is 12.1. The van der Waals surface area contributed by atoms with Gasteiger partial charge < -0.3 is 10.0 Å². The van der Waals surface area contributed by atoms with Crippen LogP contribution in [-0.2, 0) is 9.59 Å². The number of amides is 1. The van der Waals surface area contributed by atoms with Gasteiger partial charge in [0.2, 0.25) is 5.91 Å². The number of hydrogen-bond acceptors (Lipinski definition) is 2. The summed E-state index contributed by atoms with van der Waals surface area (Å²) < 4.78 is 0. The van der Waals surface area contributed by atoms with Gasteiger partial charge in [0.15, 0.2) is 0 Å². The predicted molar refractivity (Wildman–Crippen MR) is 85.3 cm³/mol. The fourth-order valence-electron chi connectivity index (χ4n) is 3.70. The Morgan fingerprint density at radius 2 is 2.00 bits per heavy atom. The van der Waals surface area contributed by atoms with Gasteiger partial charge in [-0.05, 0) is 31.0 Å². The summed E-state index contributed by atoms with van der Waals surface area (Å²) in [4.78, 5) is 26.1. The van der Waals surface area contributed by atoms with Gasteiger partial charge in [-0.3, -0.25) is 9.59 Å². The van der Waals surface area contributed by atoms with E-state index in [0.717, 1.165) is 5.57 Å². The first-order valence-electron chi connectivity index (χ1n) is 7.02. The number of carbonyl (C=O) groups is 2. The van der Waals surface area contributed by atoms with Crippen molar-refractivity contribution >= 4 is 40.8 Å². The van der Waals surface area contributed by atoms with E-state index in [0.29, 0.717) is 15.7 Å². The molecule has 2 bridgehead atoms. The molecule has 1 N–H and O–H groups in total. The van der Waals surface area contributed by atoms with Gasteiger partial charge in [-0.1, -0.05) is 41.8 Å². The smallest absolute Gasteiger partial charge is 0.309 e. The monoisotopic (exact) mass is 339 g/mol. The maximum Gasteiger partial charge on any atom is 0.309 e. The maximum atomic E-state index is 12.8. The van der Waals surface area contributed by atoms with Crippen LogP contribution >= 0.6 is 23.2 Å². The van der Waals surface area contributed by atoms with E-state index < -0.39 is 23.8 Å². The molecule has 6 heteroatoms. The van der Waals surface area contributed by atoms with Crippen LogP contribution < -0.4 is 4.90 Å². The van der Waals surface area contributed by atoms with Crippen molar-refractivity contribution in [1.29, 1.82) is 0 Å². The van der Waals surface area contributed by atoms with Crippen LogP contribution in [0.5, 0.6) is 0 Å². The molecular weight excluding hydrogens is 325 g/mol. The number of carbonyl (C=O) groups excluding carboxylic acids is 1. The van der Waals surface area contributed by atoms with Crippen LogP contribution in [0.4, 0.5) is 5.69 Å². The van der Waals surface area contributed by atoms with Gasteiger partial charge in [0, 0.05) is 5.02 Å². The number of fused-ring (bicyclic) bond motifs is 2. The summed E-state index contributed by atoms with van der Waals surface area (Å²) in [6.45, 7) is 3.74. The molecule has 22 heavy (non-hydrogen) atoms. The Labute approximate surface area is 138 Å². The van der Waals surface area contributed by atoms with E-state index in [1.807, 2.05) is 19.9 Å². The van der Waals surface area contributed by atoms with Crippen molar-refractivity contribution in [3.8, 4) is 0 Å². The molecular formula is C16H15Cl2NO3. The van der Waals surface area contributed by atoms with E-state index in [4.69, 9.17) is 23.2 Å². The average molecular weight is 340 g/mol. The van der Waals surface area contributed by atoms with Crippen molar-refractivity contribution in [2.24, 2.45) is 17.8 Å². The fourth-order valence-corrected chi connectivity index (χ4v) is 4.20. The normalized spacial score (nSPS) is 30.5. The number of halogens is 2. The van der Waals surface area contributed by atoms with E-state index in [1.54, 1.807) is 18.2 Å². The number of anilines is 1. The van der Waals surface area contributed by atoms with Gasteiger partial charge in [0.25, 0.3) is 0 Å². The molecule has 1 saturated heterocycles. The molecule has 1 aliphatic carbocycles. The quantitative estimate of drug-likeness (QED) is 0.837.